The van der Waals surface area contributed by atoms with Gasteiger partial charge in [0.2, 0.25) is 5.91 Å². The molecule has 51 heavy (non-hydrogen) atoms. The van der Waals surface area contributed by atoms with Gasteiger partial charge in [0.05, 0.1) is 17.5 Å². The Kier molecular flexibility index (Phi) is 15.7. The van der Waals surface area contributed by atoms with Crippen molar-refractivity contribution in [3.63, 3.8) is 0 Å². The van der Waals surface area contributed by atoms with Crippen LogP contribution in [0, 0.1) is 11.8 Å². The highest BCUT2D eigenvalue weighted by molar-refractivity contribution is 9.10. The number of carboxylic acid groups (broad SMARTS) is 1. The average Bonchev–Trinajstić information content (AvgIpc) is 2.93. The topological polar surface area (TPSA) is 186 Å². The summed E-state index contributed by atoms with van der Waals surface area (Å²) in [4.78, 5) is 72.3. The minimum atomic E-state index is -0.857. The van der Waals surface area contributed by atoms with Crippen LogP contribution in [0.4, 0.5) is 21.0 Å². The molecule has 0 aromatic heterocycles. The number of halogens is 2. The molecule has 2 aliphatic heterocycles. The maximum absolute atomic E-state index is 12.4. The summed E-state index contributed by atoms with van der Waals surface area (Å²) in [6.45, 7) is 15.5. The second kappa shape index (κ2) is 18.5. The lowest BCUT2D eigenvalue weighted by Crippen LogP contribution is -2.55. The lowest BCUT2D eigenvalue weighted by Gasteiger charge is -2.38. The van der Waals surface area contributed by atoms with Crippen LogP contribution in [0.3, 0.4) is 0 Å². The molecule has 2 saturated heterocycles. The summed E-state index contributed by atoms with van der Waals surface area (Å²) in [5, 5.41) is 11.4. The molecule has 0 saturated carbocycles. The van der Waals surface area contributed by atoms with E-state index in [0.717, 1.165) is 8.95 Å². The number of rotatable bonds is 7. The van der Waals surface area contributed by atoms with Crippen LogP contribution in [0.1, 0.15) is 88.9 Å². The van der Waals surface area contributed by atoms with E-state index in [9.17, 15) is 28.8 Å². The van der Waals surface area contributed by atoms with Crippen LogP contribution in [0.15, 0.2) is 45.3 Å². The van der Waals surface area contributed by atoms with Crippen molar-refractivity contribution in [3.05, 3.63) is 56.5 Å². The van der Waals surface area contributed by atoms with E-state index in [4.69, 9.17) is 20.3 Å². The Morgan fingerprint density at radius 1 is 0.745 bits per heavy atom. The fraction of sp³-hybridized carbons (Fsp3) is 0.500. The van der Waals surface area contributed by atoms with Gasteiger partial charge in [-0.3, -0.25) is 19.2 Å². The van der Waals surface area contributed by atoms with Gasteiger partial charge in [-0.1, -0.05) is 45.7 Å². The van der Waals surface area contributed by atoms with Crippen molar-refractivity contribution >= 4 is 78.9 Å². The number of ether oxygens (including phenoxy) is 2. The molecule has 0 unspecified atom stereocenters. The van der Waals surface area contributed by atoms with Crippen LogP contribution in [-0.2, 0) is 19.1 Å². The van der Waals surface area contributed by atoms with Gasteiger partial charge in [0.15, 0.2) is 11.6 Å². The van der Waals surface area contributed by atoms with E-state index in [-0.39, 0.29) is 36.5 Å². The molecule has 4 rings (SSSR count). The summed E-state index contributed by atoms with van der Waals surface area (Å²) in [7, 11) is 0. The molecule has 3 amide bonds. The van der Waals surface area contributed by atoms with E-state index in [1.54, 1.807) is 78.8 Å². The number of nitrogens with zero attached hydrogens (tertiary/aromatic N) is 2. The second-order valence-corrected chi connectivity index (χ2v) is 15.8. The number of carbonyl (C=O) groups excluding carboxylic acids is 5. The number of nitrogens with one attached hydrogen (secondary N) is 1. The molecule has 0 atom stereocenters. The van der Waals surface area contributed by atoms with E-state index < -0.39 is 35.3 Å². The highest BCUT2D eigenvalue weighted by atomic mass is 79.9. The number of carboxylic acids is 1. The van der Waals surface area contributed by atoms with Crippen molar-refractivity contribution in [2.45, 2.75) is 79.4 Å². The largest absolute Gasteiger partial charge is 0.481 e. The normalized spacial score (nSPS) is 14.3. The fourth-order valence-electron chi connectivity index (χ4n) is 4.50. The number of anilines is 2. The molecule has 0 aliphatic carbocycles. The molecular formula is C36H48Br2N4O9. The number of aliphatic carboxylic acids is 1. The van der Waals surface area contributed by atoms with Gasteiger partial charge >= 0.3 is 18.2 Å². The molecule has 0 bridgehead atoms. The Labute approximate surface area is 315 Å². The van der Waals surface area contributed by atoms with Gasteiger partial charge < -0.3 is 35.4 Å². The predicted molar refractivity (Wildman–Crippen MR) is 201 cm³/mol. The SMILES string of the molecule is CC(C)(C)OC(=O)N1CC(C(=O)O)C1.CCC(=O)c1ccc(Br)cc1N.CCC(=O)c1ccc(Br)cc1NC(=O)C1CN(C(=O)OC(C)(C)C)C1. The first kappa shape index (κ1) is 43.2. The van der Waals surface area contributed by atoms with Crippen molar-refractivity contribution < 1.29 is 43.3 Å². The number of nitrogens with two attached hydrogens (primary N) is 1. The van der Waals surface area contributed by atoms with E-state index in [2.05, 4.69) is 37.2 Å². The molecular weight excluding hydrogens is 792 g/mol. The van der Waals surface area contributed by atoms with Crippen LogP contribution in [0.5, 0.6) is 0 Å². The van der Waals surface area contributed by atoms with Crippen LogP contribution >= 0.6 is 31.9 Å². The van der Waals surface area contributed by atoms with Gasteiger partial charge in [0.25, 0.3) is 0 Å². The summed E-state index contributed by atoms with van der Waals surface area (Å²) < 4.78 is 12.0. The molecule has 0 spiro atoms. The van der Waals surface area contributed by atoms with Gasteiger partial charge in [-0.2, -0.15) is 0 Å². The summed E-state index contributed by atoms with van der Waals surface area (Å²) >= 11 is 6.63. The maximum Gasteiger partial charge on any atom is 0.410 e. The smallest absolute Gasteiger partial charge is 0.410 e. The van der Waals surface area contributed by atoms with Gasteiger partial charge in [0, 0.05) is 64.8 Å². The fourth-order valence-corrected chi connectivity index (χ4v) is 5.24. The zero-order valence-electron chi connectivity index (χ0n) is 30.3. The molecule has 0 radical (unpaired) electrons. The van der Waals surface area contributed by atoms with Gasteiger partial charge in [-0.05, 0) is 77.9 Å². The second-order valence-electron chi connectivity index (χ2n) is 14.0. The Balaban J connectivity index is 0.000000292. The average molecular weight is 841 g/mol. The Hall–Kier alpha value is -3.98. The zero-order valence-corrected chi connectivity index (χ0v) is 33.5. The molecule has 4 N–H and O–H groups in total. The summed E-state index contributed by atoms with van der Waals surface area (Å²) in [6, 6.07) is 10.5. The Bertz CT molecular complexity index is 1610. The third kappa shape index (κ3) is 13.9. The zero-order chi connectivity index (χ0) is 38.8. The molecule has 2 aliphatic rings. The number of hydrogen-bond donors (Lipinski definition) is 3. The van der Waals surface area contributed by atoms with Gasteiger partial charge in [0.1, 0.15) is 11.2 Å². The highest BCUT2D eigenvalue weighted by Gasteiger charge is 2.39. The van der Waals surface area contributed by atoms with E-state index in [0.29, 0.717) is 48.4 Å². The molecule has 13 nitrogen and oxygen atoms in total. The maximum atomic E-state index is 12.4. The van der Waals surface area contributed by atoms with Crippen molar-refractivity contribution in [3.8, 4) is 0 Å². The van der Waals surface area contributed by atoms with Crippen molar-refractivity contribution in [2.24, 2.45) is 11.8 Å². The predicted octanol–water partition coefficient (Wildman–Crippen LogP) is 7.41. The number of Topliss-reactive ketones (excluding diaryl/α,β-unsaturated/α-hetero) is 2. The minimum Gasteiger partial charge on any atom is -0.481 e. The van der Waals surface area contributed by atoms with Gasteiger partial charge in [-0.25, -0.2) is 9.59 Å². The molecule has 280 valence electrons. The van der Waals surface area contributed by atoms with Crippen LogP contribution < -0.4 is 11.1 Å². The van der Waals surface area contributed by atoms with Crippen LogP contribution in [0.2, 0.25) is 0 Å². The molecule has 15 heteroatoms. The highest BCUT2D eigenvalue weighted by Crippen LogP contribution is 2.26. The standard InChI is InChI=1S/C18H23BrN2O4.C9H10BrNO.C9H15NO4/c1-5-15(22)13-7-6-12(19)8-14(13)20-16(23)11-9-21(10-11)17(24)25-18(2,3)4;1-2-9(12)7-4-3-6(10)5-8(7)11;1-9(2,3)14-8(13)10-4-6(5-10)7(11)12/h6-8,11H,5,9-10H2,1-4H3,(H,20,23);3-5H,2,11H2,1H3;6H,4-5H2,1-3H3,(H,11,12). The summed E-state index contributed by atoms with van der Waals surface area (Å²) in [6.07, 6.45) is 0.00230. The van der Waals surface area contributed by atoms with E-state index in [1.165, 1.54) is 9.80 Å². The first-order valence-corrected chi connectivity index (χ1v) is 18.0. The number of ketones is 2. The van der Waals surface area contributed by atoms with Gasteiger partial charge in [-0.15, -0.1) is 0 Å². The molecule has 2 aromatic carbocycles. The summed E-state index contributed by atoms with van der Waals surface area (Å²) in [5.74, 6) is -1.75. The van der Waals surface area contributed by atoms with Crippen LogP contribution in [0.25, 0.3) is 0 Å². The quantitative estimate of drug-likeness (QED) is 0.187. The van der Waals surface area contributed by atoms with E-state index >= 15 is 0 Å². The number of likely N-dealkylation sites (tertiary alicyclic amines) is 2. The van der Waals surface area contributed by atoms with Crippen LogP contribution in [-0.4, -0.2) is 87.9 Å². The summed E-state index contributed by atoms with van der Waals surface area (Å²) in [5.41, 5.74) is 6.69. The number of benzene rings is 2. The van der Waals surface area contributed by atoms with E-state index in [1.807, 2.05) is 13.0 Å². The number of hydrogen-bond acceptors (Lipinski definition) is 9. The first-order valence-electron chi connectivity index (χ1n) is 16.5. The van der Waals surface area contributed by atoms with Crippen molar-refractivity contribution in [1.82, 2.24) is 9.80 Å². The number of nitrogen functional groups attached to an aromatic ring is 1. The third-order valence-electron chi connectivity index (χ3n) is 7.28. The van der Waals surface area contributed by atoms with Crippen molar-refractivity contribution in [1.29, 1.82) is 0 Å². The Morgan fingerprint density at radius 3 is 1.57 bits per heavy atom. The lowest BCUT2D eigenvalue weighted by molar-refractivity contribution is -0.146. The molecule has 2 fully saturated rings. The molecule has 2 heterocycles. The third-order valence-corrected chi connectivity index (χ3v) is 8.27. The number of amides is 3. The van der Waals surface area contributed by atoms with Crippen molar-refractivity contribution in [2.75, 3.05) is 37.2 Å². The minimum absolute atomic E-state index is 0.0354. The monoisotopic (exact) mass is 838 g/mol. The first-order chi connectivity index (χ1) is 23.5. The lowest BCUT2D eigenvalue weighted by atomic mass is 9.99. The number of carbonyl (C=O) groups is 6. The molecule has 2 aromatic rings. The Morgan fingerprint density at radius 2 is 1.16 bits per heavy atom.